The number of nitrogens with zero attached hydrogens (tertiary/aromatic N) is 2. The summed E-state index contributed by atoms with van der Waals surface area (Å²) in [7, 11) is 0. The second kappa shape index (κ2) is 5.35. The fourth-order valence-corrected chi connectivity index (χ4v) is 1.63. The van der Waals surface area contributed by atoms with Crippen LogP contribution in [0, 0.1) is 11.3 Å². The molecule has 0 spiro atoms. The van der Waals surface area contributed by atoms with Gasteiger partial charge in [0.1, 0.15) is 12.3 Å². The molecule has 0 heterocycles. The Morgan fingerprint density at radius 1 is 1.41 bits per heavy atom. The third-order valence-corrected chi connectivity index (χ3v) is 2.65. The van der Waals surface area contributed by atoms with E-state index >= 15 is 0 Å². The van der Waals surface area contributed by atoms with Crippen molar-refractivity contribution in [2.24, 2.45) is 0 Å². The number of ether oxygens (including phenoxy) is 1. The van der Waals surface area contributed by atoms with Crippen LogP contribution in [0.25, 0.3) is 0 Å². The topological polar surface area (TPSA) is 53.3 Å². The molecule has 88 valence electrons. The highest BCUT2D eigenvalue weighted by Crippen LogP contribution is 2.26. The zero-order valence-electron chi connectivity index (χ0n) is 9.50. The van der Waals surface area contributed by atoms with Gasteiger partial charge in [-0.05, 0) is 25.0 Å². The van der Waals surface area contributed by atoms with Crippen LogP contribution in [0.15, 0.2) is 30.3 Å². The summed E-state index contributed by atoms with van der Waals surface area (Å²) in [5.41, 5.74) is 0. The molecule has 4 nitrogen and oxygen atoms in total. The number of para-hydroxylation sites is 1. The van der Waals surface area contributed by atoms with E-state index in [9.17, 15) is 4.79 Å². The van der Waals surface area contributed by atoms with Crippen LogP contribution in [0.1, 0.15) is 12.8 Å². The summed E-state index contributed by atoms with van der Waals surface area (Å²) in [4.78, 5) is 13.4. The minimum Gasteiger partial charge on any atom is -0.484 e. The molecule has 1 amide bonds. The molecule has 4 heteroatoms. The first kappa shape index (κ1) is 11.5. The standard InChI is InChI=1S/C13H14N2O2/c14-8-9-15(11-6-7-11)13(16)10-17-12-4-2-1-3-5-12/h1-5,11H,6-7,9-10H2. The molecule has 0 bridgehead atoms. The lowest BCUT2D eigenvalue weighted by Crippen LogP contribution is -2.37. The monoisotopic (exact) mass is 230 g/mol. The summed E-state index contributed by atoms with van der Waals surface area (Å²) in [5, 5.41) is 8.66. The highest BCUT2D eigenvalue weighted by molar-refractivity contribution is 5.78. The van der Waals surface area contributed by atoms with Crippen LogP contribution < -0.4 is 4.74 Å². The molecule has 0 unspecified atom stereocenters. The van der Waals surface area contributed by atoms with Crippen LogP contribution >= 0.6 is 0 Å². The van der Waals surface area contributed by atoms with Gasteiger partial charge in [-0.15, -0.1) is 0 Å². The molecule has 2 rings (SSSR count). The summed E-state index contributed by atoms with van der Waals surface area (Å²) >= 11 is 0. The Labute approximate surface area is 100 Å². The molecule has 0 aromatic heterocycles. The van der Waals surface area contributed by atoms with Crippen LogP contribution in [0.3, 0.4) is 0 Å². The summed E-state index contributed by atoms with van der Waals surface area (Å²) in [6, 6.07) is 11.5. The molecular weight excluding hydrogens is 216 g/mol. The second-order valence-electron chi connectivity index (χ2n) is 4.01. The molecule has 0 saturated heterocycles. The van der Waals surface area contributed by atoms with Crippen LogP contribution in [0.4, 0.5) is 0 Å². The minimum absolute atomic E-state index is 0.00218. The van der Waals surface area contributed by atoms with Crippen LogP contribution in [0.2, 0.25) is 0 Å². The first-order chi connectivity index (χ1) is 8.31. The molecule has 1 fully saturated rings. The molecule has 1 aliphatic rings. The van der Waals surface area contributed by atoms with E-state index in [1.807, 2.05) is 24.3 Å². The average Bonchev–Trinajstić information content (AvgIpc) is 3.18. The minimum atomic E-state index is -0.113. The lowest BCUT2D eigenvalue weighted by atomic mass is 10.3. The lowest BCUT2D eigenvalue weighted by molar-refractivity contribution is -0.133. The third kappa shape index (κ3) is 3.22. The largest absolute Gasteiger partial charge is 0.484 e. The number of nitriles is 1. The van der Waals surface area contributed by atoms with E-state index in [1.54, 1.807) is 17.0 Å². The van der Waals surface area contributed by atoms with Gasteiger partial charge in [0, 0.05) is 6.04 Å². The quantitative estimate of drug-likeness (QED) is 0.722. The van der Waals surface area contributed by atoms with Crippen molar-refractivity contribution >= 4 is 5.91 Å². The van der Waals surface area contributed by atoms with Crippen LogP contribution in [-0.2, 0) is 4.79 Å². The lowest BCUT2D eigenvalue weighted by Gasteiger charge is -2.18. The number of carbonyl (C=O) groups is 1. The van der Waals surface area contributed by atoms with Gasteiger partial charge in [0.15, 0.2) is 6.61 Å². The summed E-state index contributed by atoms with van der Waals surface area (Å²) < 4.78 is 5.37. The normalized spacial score (nSPS) is 13.8. The molecule has 0 N–H and O–H groups in total. The van der Waals surface area contributed by atoms with E-state index < -0.39 is 0 Å². The van der Waals surface area contributed by atoms with E-state index in [-0.39, 0.29) is 25.1 Å². The fourth-order valence-electron chi connectivity index (χ4n) is 1.63. The summed E-state index contributed by atoms with van der Waals surface area (Å²) in [6.45, 7) is 0.157. The number of hydrogen-bond donors (Lipinski definition) is 0. The van der Waals surface area contributed by atoms with Gasteiger partial charge in [0.25, 0.3) is 5.91 Å². The number of carbonyl (C=O) groups excluding carboxylic acids is 1. The fraction of sp³-hybridized carbons (Fsp3) is 0.385. The number of benzene rings is 1. The van der Waals surface area contributed by atoms with Crippen molar-refractivity contribution in [3.8, 4) is 11.8 Å². The zero-order chi connectivity index (χ0) is 12.1. The molecule has 1 aromatic rings. The van der Waals surface area contributed by atoms with Crippen molar-refractivity contribution in [1.82, 2.24) is 4.90 Å². The van der Waals surface area contributed by atoms with Crippen molar-refractivity contribution in [2.45, 2.75) is 18.9 Å². The van der Waals surface area contributed by atoms with Gasteiger partial charge in [-0.1, -0.05) is 18.2 Å². The van der Waals surface area contributed by atoms with Gasteiger partial charge in [0.05, 0.1) is 6.07 Å². The molecule has 1 saturated carbocycles. The Morgan fingerprint density at radius 3 is 2.71 bits per heavy atom. The maximum absolute atomic E-state index is 11.8. The molecular formula is C13H14N2O2. The first-order valence-electron chi connectivity index (χ1n) is 5.65. The Bertz CT molecular complexity index is 421. The number of rotatable bonds is 5. The maximum atomic E-state index is 11.8. The van der Waals surface area contributed by atoms with E-state index in [2.05, 4.69) is 0 Å². The zero-order valence-corrected chi connectivity index (χ0v) is 9.50. The number of amides is 1. The Morgan fingerprint density at radius 2 is 2.12 bits per heavy atom. The third-order valence-electron chi connectivity index (χ3n) is 2.65. The van der Waals surface area contributed by atoms with E-state index in [4.69, 9.17) is 10.00 Å². The van der Waals surface area contributed by atoms with Crippen molar-refractivity contribution in [3.63, 3.8) is 0 Å². The van der Waals surface area contributed by atoms with Gasteiger partial charge in [-0.3, -0.25) is 4.79 Å². The SMILES string of the molecule is N#CCN(C(=O)COc1ccccc1)C1CC1. The van der Waals surface area contributed by atoms with Crippen LogP contribution in [0.5, 0.6) is 5.75 Å². The predicted octanol–water partition coefficient (Wildman–Crippen LogP) is 1.58. The van der Waals surface area contributed by atoms with Crippen molar-refractivity contribution < 1.29 is 9.53 Å². The maximum Gasteiger partial charge on any atom is 0.261 e. The highest BCUT2D eigenvalue weighted by Gasteiger charge is 2.32. The molecule has 0 radical (unpaired) electrons. The van der Waals surface area contributed by atoms with Gasteiger partial charge in [-0.25, -0.2) is 0 Å². The summed E-state index contributed by atoms with van der Waals surface area (Å²) in [6.07, 6.45) is 2.00. The second-order valence-corrected chi connectivity index (χ2v) is 4.01. The molecule has 0 atom stereocenters. The van der Waals surface area contributed by atoms with Gasteiger partial charge in [-0.2, -0.15) is 5.26 Å². The van der Waals surface area contributed by atoms with Gasteiger partial charge in [0.2, 0.25) is 0 Å². The Kier molecular flexibility index (Phi) is 3.61. The predicted molar refractivity (Wildman–Crippen MR) is 62.3 cm³/mol. The molecule has 1 aromatic carbocycles. The molecule has 1 aliphatic carbocycles. The first-order valence-corrected chi connectivity index (χ1v) is 5.65. The Balaban J connectivity index is 1.86. The Hall–Kier alpha value is -2.02. The van der Waals surface area contributed by atoms with Crippen LogP contribution in [-0.4, -0.2) is 30.0 Å². The van der Waals surface area contributed by atoms with Gasteiger partial charge < -0.3 is 9.64 Å². The average molecular weight is 230 g/mol. The smallest absolute Gasteiger partial charge is 0.261 e. The van der Waals surface area contributed by atoms with Crippen molar-refractivity contribution in [1.29, 1.82) is 5.26 Å². The van der Waals surface area contributed by atoms with E-state index in [0.717, 1.165) is 12.8 Å². The van der Waals surface area contributed by atoms with Crippen molar-refractivity contribution in [3.05, 3.63) is 30.3 Å². The number of hydrogen-bond acceptors (Lipinski definition) is 3. The molecule has 0 aliphatic heterocycles. The highest BCUT2D eigenvalue weighted by atomic mass is 16.5. The summed E-state index contributed by atoms with van der Waals surface area (Å²) in [5.74, 6) is 0.562. The van der Waals surface area contributed by atoms with E-state index in [1.165, 1.54) is 0 Å². The van der Waals surface area contributed by atoms with Crippen molar-refractivity contribution in [2.75, 3.05) is 13.2 Å². The van der Waals surface area contributed by atoms with Gasteiger partial charge >= 0.3 is 0 Å². The molecule has 17 heavy (non-hydrogen) atoms. The van der Waals surface area contributed by atoms with E-state index in [0.29, 0.717) is 5.75 Å².